The molecule has 1 N–H and O–H groups in total. The molecule has 1 amide bonds. The number of hydrogen-bond donors (Lipinski definition) is 1. The van der Waals surface area contributed by atoms with Gasteiger partial charge in [-0.05, 0) is 73.2 Å². The molecule has 1 heterocycles. The summed E-state index contributed by atoms with van der Waals surface area (Å²) in [7, 11) is 5.63. The van der Waals surface area contributed by atoms with Gasteiger partial charge >= 0.3 is 0 Å². The fourth-order valence-corrected chi connectivity index (χ4v) is 4.23. The molecule has 0 unspecified atom stereocenters. The van der Waals surface area contributed by atoms with E-state index in [4.69, 9.17) is 9.72 Å². The zero-order valence-electron chi connectivity index (χ0n) is 17.4. The van der Waals surface area contributed by atoms with E-state index in [1.807, 2.05) is 86.6 Å². The number of aryl methyl sites for hydroxylation is 1. The quantitative estimate of drug-likeness (QED) is 0.459. The Labute approximate surface area is 179 Å². The lowest BCUT2D eigenvalue weighted by atomic mass is 10.1. The fraction of sp³-hybridized carbons (Fsp3) is 0.167. The number of methoxy groups -OCH3 is 1. The van der Waals surface area contributed by atoms with Crippen LogP contribution in [0.25, 0.3) is 20.8 Å². The molecule has 0 spiro atoms. The van der Waals surface area contributed by atoms with Crippen LogP contribution in [0.4, 0.5) is 11.4 Å². The van der Waals surface area contributed by atoms with Crippen molar-refractivity contribution in [1.82, 2.24) is 4.98 Å². The molecule has 1 aromatic heterocycles. The highest BCUT2D eigenvalue weighted by Crippen LogP contribution is 2.32. The number of benzene rings is 3. The Balaban J connectivity index is 1.52. The second kappa shape index (κ2) is 8.16. The average Bonchev–Trinajstić information content (AvgIpc) is 3.17. The van der Waals surface area contributed by atoms with Gasteiger partial charge in [-0.2, -0.15) is 0 Å². The Morgan fingerprint density at radius 3 is 2.47 bits per heavy atom. The number of fused-ring (bicyclic) bond motifs is 1. The summed E-state index contributed by atoms with van der Waals surface area (Å²) in [5.41, 5.74) is 5.40. The minimum atomic E-state index is -0.113. The van der Waals surface area contributed by atoms with E-state index in [1.54, 1.807) is 18.4 Å². The molecule has 0 radical (unpaired) electrons. The lowest BCUT2D eigenvalue weighted by molar-refractivity contribution is 0.102. The van der Waals surface area contributed by atoms with E-state index in [-0.39, 0.29) is 5.91 Å². The molecule has 0 aliphatic heterocycles. The predicted molar refractivity (Wildman–Crippen MR) is 125 cm³/mol. The van der Waals surface area contributed by atoms with Crippen molar-refractivity contribution in [1.29, 1.82) is 0 Å². The molecule has 0 saturated carbocycles. The molecule has 152 valence electrons. The molecule has 4 rings (SSSR count). The summed E-state index contributed by atoms with van der Waals surface area (Å²) >= 11 is 1.62. The number of carbonyl (C=O) groups is 1. The van der Waals surface area contributed by atoms with Crippen LogP contribution in [0.5, 0.6) is 5.75 Å². The number of hydrogen-bond acceptors (Lipinski definition) is 5. The van der Waals surface area contributed by atoms with Crippen LogP contribution in [0.3, 0.4) is 0 Å². The maximum Gasteiger partial charge on any atom is 0.255 e. The summed E-state index contributed by atoms with van der Waals surface area (Å²) in [5.74, 6) is 0.710. The second-order valence-corrected chi connectivity index (χ2v) is 8.31. The van der Waals surface area contributed by atoms with Crippen LogP contribution in [0.15, 0.2) is 60.7 Å². The summed E-state index contributed by atoms with van der Waals surface area (Å²) in [6.07, 6.45) is 0. The van der Waals surface area contributed by atoms with Gasteiger partial charge < -0.3 is 15.0 Å². The molecule has 3 aromatic carbocycles. The number of aromatic nitrogens is 1. The van der Waals surface area contributed by atoms with Crippen molar-refractivity contribution >= 4 is 38.8 Å². The molecule has 0 atom stereocenters. The smallest absolute Gasteiger partial charge is 0.255 e. The fourth-order valence-electron chi connectivity index (χ4n) is 3.23. The van der Waals surface area contributed by atoms with E-state index in [1.165, 1.54) is 0 Å². The zero-order valence-corrected chi connectivity index (χ0v) is 18.2. The highest BCUT2D eigenvalue weighted by atomic mass is 32.1. The molecule has 0 aliphatic rings. The molecule has 0 aliphatic carbocycles. The lowest BCUT2D eigenvalue weighted by Crippen LogP contribution is -2.14. The minimum absolute atomic E-state index is 0.113. The third-order valence-electron chi connectivity index (χ3n) is 4.96. The summed E-state index contributed by atoms with van der Waals surface area (Å²) in [5, 5.41) is 3.92. The van der Waals surface area contributed by atoms with Crippen LogP contribution in [0.2, 0.25) is 0 Å². The van der Waals surface area contributed by atoms with Gasteiger partial charge in [0.15, 0.2) is 0 Å². The van der Waals surface area contributed by atoms with Crippen LogP contribution in [0, 0.1) is 6.92 Å². The number of rotatable bonds is 5. The van der Waals surface area contributed by atoms with Crippen LogP contribution >= 0.6 is 11.3 Å². The van der Waals surface area contributed by atoms with Crippen LogP contribution in [-0.4, -0.2) is 32.1 Å². The zero-order chi connectivity index (χ0) is 21.3. The molecule has 4 aromatic rings. The van der Waals surface area contributed by atoms with Crippen molar-refractivity contribution in [3.05, 3.63) is 71.8 Å². The minimum Gasteiger partial charge on any atom is -0.497 e. The largest absolute Gasteiger partial charge is 0.497 e. The van der Waals surface area contributed by atoms with Crippen molar-refractivity contribution in [2.24, 2.45) is 0 Å². The predicted octanol–water partition coefficient (Wildman–Crippen LogP) is 5.60. The third-order valence-corrected chi connectivity index (χ3v) is 6.02. The number of carbonyl (C=O) groups excluding carboxylic acids is 1. The Morgan fingerprint density at radius 1 is 1.03 bits per heavy atom. The first-order valence-electron chi connectivity index (χ1n) is 9.59. The summed E-state index contributed by atoms with van der Waals surface area (Å²) in [6, 6.07) is 19.5. The van der Waals surface area contributed by atoms with Crippen molar-refractivity contribution in [3.8, 4) is 16.3 Å². The Kier molecular flexibility index (Phi) is 5.42. The maximum absolute atomic E-state index is 12.7. The normalized spacial score (nSPS) is 10.8. The van der Waals surface area contributed by atoms with Gasteiger partial charge in [-0.1, -0.05) is 0 Å². The van der Waals surface area contributed by atoms with E-state index < -0.39 is 0 Å². The molecule has 0 fully saturated rings. The third kappa shape index (κ3) is 4.00. The molecule has 6 heteroatoms. The maximum atomic E-state index is 12.7. The standard InChI is InChI=1S/C24H23N3O2S/c1-15-13-18(27(2)3)9-11-20(15)23(28)25-17-7-5-16(6-8-17)24-26-21-12-10-19(29-4)14-22(21)30-24/h5-14H,1-4H3,(H,25,28). The van der Waals surface area contributed by atoms with Gasteiger partial charge in [-0.15, -0.1) is 11.3 Å². The van der Waals surface area contributed by atoms with E-state index >= 15 is 0 Å². The van der Waals surface area contributed by atoms with Crippen molar-refractivity contribution in [2.75, 3.05) is 31.4 Å². The van der Waals surface area contributed by atoms with Crippen LogP contribution < -0.4 is 15.0 Å². The number of nitrogens with one attached hydrogen (secondary N) is 1. The molecular formula is C24H23N3O2S. The highest BCUT2D eigenvalue weighted by Gasteiger charge is 2.12. The second-order valence-electron chi connectivity index (χ2n) is 7.28. The first kappa shape index (κ1) is 19.9. The molecular weight excluding hydrogens is 394 g/mol. The molecule has 0 bridgehead atoms. The molecule has 5 nitrogen and oxygen atoms in total. The Bertz CT molecular complexity index is 1210. The van der Waals surface area contributed by atoms with Gasteiger partial charge in [0.25, 0.3) is 5.91 Å². The summed E-state index contributed by atoms with van der Waals surface area (Å²) < 4.78 is 6.37. The lowest BCUT2D eigenvalue weighted by Gasteiger charge is -2.15. The topological polar surface area (TPSA) is 54.5 Å². The number of ether oxygens (including phenoxy) is 1. The van der Waals surface area contributed by atoms with Gasteiger partial charge in [0, 0.05) is 36.6 Å². The van der Waals surface area contributed by atoms with E-state index in [0.717, 1.165) is 43.5 Å². The average molecular weight is 418 g/mol. The number of thiazole rings is 1. The van der Waals surface area contributed by atoms with Gasteiger partial charge in [0.2, 0.25) is 0 Å². The highest BCUT2D eigenvalue weighted by molar-refractivity contribution is 7.21. The van der Waals surface area contributed by atoms with Gasteiger partial charge in [0.05, 0.1) is 17.3 Å². The van der Waals surface area contributed by atoms with Crippen molar-refractivity contribution < 1.29 is 9.53 Å². The summed E-state index contributed by atoms with van der Waals surface area (Å²) in [4.78, 5) is 19.4. The monoisotopic (exact) mass is 417 g/mol. The van der Waals surface area contributed by atoms with E-state index in [2.05, 4.69) is 5.32 Å². The van der Waals surface area contributed by atoms with Crippen molar-refractivity contribution in [3.63, 3.8) is 0 Å². The Morgan fingerprint density at radius 2 is 1.80 bits per heavy atom. The van der Waals surface area contributed by atoms with E-state index in [9.17, 15) is 4.79 Å². The number of nitrogens with zero attached hydrogens (tertiary/aromatic N) is 2. The van der Waals surface area contributed by atoms with Crippen LogP contribution in [0.1, 0.15) is 15.9 Å². The summed E-state index contributed by atoms with van der Waals surface area (Å²) in [6.45, 7) is 1.95. The van der Waals surface area contributed by atoms with Crippen LogP contribution in [-0.2, 0) is 0 Å². The molecule has 30 heavy (non-hydrogen) atoms. The van der Waals surface area contributed by atoms with Crippen molar-refractivity contribution in [2.45, 2.75) is 6.92 Å². The van der Waals surface area contributed by atoms with Gasteiger partial charge in [-0.3, -0.25) is 4.79 Å². The Hall–Kier alpha value is -3.38. The first-order valence-corrected chi connectivity index (χ1v) is 10.4. The molecule has 0 saturated heterocycles. The van der Waals surface area contributed by atoms with Gasteiger partial charge in [0.1, 0.15) is 10.8 Å². The SMILES string of the molecule is COc1ccc2nc(-c3ccc(NC(=O)c4ccc(N(C)C)cc4C)cc3)sc2c1. The first-order chi connectivity index (χ1) is 14.4. The van der Waals surface area contributed by atoms with E-state index in [0.29, 0.717) is 5.56 Å². The number of amides is 1. The number of anilines is 2. The van der Waals surface area contributed by atoms with Gasteiger partial charge in [-0.25, -0.2) is 4.98 Å².